The molecule has 0 unspecified atom stereocenters. The van der Waals surface area contributed by atoms with Gasteiger partial charge in [-0.3, -0.25) is 0 Å². The summed E-state index contributed by atoms with van der Waals surface area (Å²) in [6.07, 6.45) is 0.707. The number of hydrogen-bond acceptors (Lipinski definition) is 5. The maximum atomic E-state index is 11.3. The summed E-state index contributed by atoms with van der Waals surface area (Å²) in [7, 11) is 0. The van der Waals surface area contributed by atoms with Crippen molar-refractivity contribution in [3.05, 3.63) is 113 Å². The fraction of sp³-hybridized carbons (Fsp3) is 0.0370. The lowest BCUT2D eigenvalue weighted by atomic mass is 10.0. The molecule has 170 valence electrons. The molecule has 7 nitrogen and oxygen atoms in total. The topological polar surface area (TPSA) is 119 Å². The lowest BCUT2D eigenvalue weighted by Crippen LogP contribution is -2.07. The van der Waals surface area contributed by atoms with Crippen LogP contribution in [0.1, 0.15) is 31.8 Å². The van der Waals surface area contributed by atoms with Crippen LogP contribution in [0.5, 0.6) is 23.0 Å². The largest absolute Gasteiger partial charge is 0.478 e. The van der Waals surface area contributed by atoms with E-state index in [-0.39, 0.29) is 16.9 Å². The van der Waals surface area contributed by atoms with Gasteiger partial charge in [-0.25, -0.2) is 9.59 Å². The standard InChI is InChI=1S/C27H21NO6/c28-19-5-11-22(12-6-19)33-20-7-1-17(2-8-20)15-18-3-9-21(10-4-18)34-23-13-14-24(26(29)30)25(16-23)27(31)32/h1-14,16H,15,28H2,(H,29,30)(H,31,32). The number of ether oxygens (including phenoxy) is 2. The molecule has 0 aliphatic carbocycles. The van der Waals surface area contributed by atoms with E-state index in [9.17, 15) is 14.7 Å². The zero-order chi connectivity index (χ0) is 24.1. The van der Waals surface area contributed by atoms with Crippen LogP contribution in [0.3, 0.4) is 0 Å². The van der Waals surface area contributed by atoms with E-state index in [1.807, 2.05) is 48.5 Å². The summed E-state index contributed by atoms with van der Waals surface area (Å²) in [6, 6.07) is 26.2. The van der Waals surface area contributed by atoms with Gasteiger partial charge >= 0.3 is 11.9 Å². The van der Waals surface area contributed by atoms with Crippen LogP contribution in [0.25, 0.3) is 0 Å². The highest BCUT2D eigenvalue weighted by molar-refractivity contribution is 6.02. The van der Waals surface area contributed by atoms with Crippen molar-refractivity contribution in [2.75, 3.05) is 5.73 Å². The summed E-state index contributed by atoms with van der Waals surface area (Å²) in [5.74, 6) is -0.444. The van der Waals surface area contributed by atoms with Gasteiger partial charge in [0.05, 0.1) is 11.1 Å². The number of aromatic carboxylic acids is 2. The predicted molar refractivity (Wildman–Crippen MR) is 127 cm³/mol. The van der Waals surface area contributed by atoms with Gasteiger partial charge in [0.2, 0.25) is 0 Å². The molecule has 0 aromatic heterocycles. The minimum atomic E-state index is -1.33. The lowest BCUT2D eigenvalue weighted by molar-refractivity contribution is 0.0651. The highest BCUT2D eigenvalue weighted by Gasteiger charge is 2.17. The third kappa shape index (κ3) is 5.52. The van der Waals surface area contributed by atoms with Gasteiger partial charge < -0.3 is 25.4 Å². The van der Waals surface area contributed by atoms with Gasteiger partial charge in [-0.05, 0) is 84.3 Å². The zero-order valence-electron chi connectivity index (χ0n) is 18.0. The maximum absolute atomic E-state index is 11.3. The molecule has 0 spiro atoms. The Hall–Kier alpha value is -4.78. The highest BCUT2D eigenvalue weighted by Crippen LogP contribution is 2.26. The number of carbonyl (C=O) groups is 2. The molecule has 4 rings (SSSR count). The van der Waals surface area contributed by atoms with Crippen molar-refractivity contribution < 1.29 is 29.3 Å². The van der Waals surface area contributed by atoms with Crippen LogP contribution < -0.4 is 15.2 Å². The van der Waals surface area contributed by atoms with E-state index in [1.165, 1.54) is 18.2 Å². The van der Waals surface area contributed by atoms with Crippen LogP contribution in [0.2, 0.25) is 0 Å². The number of benzene rings is 4. The second kappa shape index (κ2) is 9.79. The number of rotatable bonds is 8. The first-order valence-corrected chi connectivity index (χ1v) is 10.4. The SMILES string of the molecule is Nc1ccc(Oc2ccc(Cc3ccc(Oc4ccc(C(=O)O)c(C(=O)O)c4)cc3)cc2)cc1. The third-order valence-corrected chi connectivity index (χ3v) is 5.06. The Labute approximate surface area is 195 Å². The van der Waals surface area contributed by atoms with Crippen molar-refractivity contribution in [2.45, 2.75) is 6.42 Å². The van der Waals surface area contributed by atoms with Gasteiger partial charge in [-0.15, -0.1) is 0 Å². The van der Waals surface area contributed by atoms with Crippen molar-refractivity contribution in [3.8, 4) is 23.0 Å². The van der Waals surface area contributed by atoms with E-state index in [0.29, 0.717) is 23.6 Å². The molecule has 0 aliphatic heterocycles. The Morgan fingerprint density at radius 3 is 1.47 bits per heavy atom. The Bertz CT molecular complexity index is 1310. The van der Waals surface area contributed by atoms with E-state index < -0.39 is 11.9 Å². The molecule has 0 aliphatic rings. The van der Waals surface area contributed by atoms with Gasteiger partial charge in [0, 0.05) is 5.69 Å². The predicted octanol–water partition coefficient (Wildman–Crippen LogP) is 5.84. The van der Waals surface area contributed by atoms with Crippen LogP contribution in [0.15, 0.2) is 91.0 Å². The average molecular weight is 455 g/mol. The highest BCUT2D eigenvalue weighted by atomic mass is 16.5. The first-order chi connectivity index (χ1) is 16.4. The molecule has 0 bridgehead atoms. The summed E-state index contributed by atoms with van der Waals surface area (Å²) in [4.78, 5) is 22.5. The molecule has 34 heavy (non-hydrogen) atoms. The Morgan fingerprint density at radius 1 is 0.588 bits per heavy atom. The Balaban J connectivity index is 1.39. The van der Waals surface area contributed by atoms with Crippen LogP contribution in [0, 0.1) is 0 Å². The number of anilines is 1. The third-order valence-electron chi connectivity index (χ3n) is 5.06. The second-order valence-corrected chi connectivity index (χ2v) is 7.56. The number of carboxylic acid groups (broad SMARTS) is 2. The minimum Gasteiger partial charge on any atom is -0.478 e. The second-order valence-electron chi connectivity index (χ2n) is 7.56. The maximum Gasteiger partial charge on any atom is 0.336 e. The minimum absolute atomic E-state index is 0.242. The molecular formula is C27H21NO6. The van der Waals surface area contributed by atoms with E-state index in [2.05, 4.69) is 0 Å². The zero-order valence-corrected chi connectivity index (χ0v) is 18.0. The van der Waals surface area contributed by atoms with Gasteiger partial charge in [0.15, 0.2) is 0 Å². The first-order valence-electron chi connectivity index (χ1n) is 10.4. The van der Waals surface area contributed by atoms with Crippen LogP contribution in [-0.2, 0) is 6.42 Å². The van der Waals surface area contributed by atoms with Crippen molar-refractivity contribution in [3.63, 3.8) is 0 Å². The molecule has 4 N–H and O–H groups in total. The number of hydrogen-bond donors (Lipinski definition) is 3. The van der Waals surface area contributed by atoms with Gasteiger partial charge in [0.1, 0.15) is 23.0 Å². The van der Waals surface area contributed by atoms with Gasteiger partial charge in [-0.2, -0.15) is 0 Å². The van der Waals surface area contributed by atoms with E-state index in [0.717, 1.165) is 16.9 Å². The Morgan fingerprint density at radius 2 is 1.00 bits per heavy atom. The fourth-order valence-electron chi connectivity index (χ4n) is 3.34. The molecule has 7 heteroatoms. The fourth-order valence-corrected chi connectivity index (χ4v) is 3.34. The van der Waals surface area contributed by atoms with Crippen molar-refractivity contribution >= 4 is 17.6 Å². The number of carboxylic acids is 2. The van der Waals surface area contributed by atoms with Crippen LogP contribution in [0.4, 0.5) is 5.69 Å². The molecule has 0 radical (unpaired) electrons. The lowest BCUT2D eigenvalue weighted by Gasteiger charge is -2.10. The summed E-state index contributed by atoms with van der Waals surface area (Å²) in [5, 5.41) is 18.4. The summed E-state index contributed by atoms with van der Waals surface area (Å²) in [6.45, 7) is 0. The van der Waals surface area contributed by atoms with E-state index in [4.69, 9.17) is 20.3 Å². The molecular weight excluding hydrogens is 434 g/mol. The quantitative estimate of drug-likeness (QED) is 0.286. The number of nitrogen functional groups attached to an aromatic ring is 1. The van der Waals surface area contributed by atoms with Gasteiger partial charge in [0.25, 0.3) is 0 Å². The Kier molecular flexibility index (Phi) is 6.45. The monoisotopic (exact) mass is 455 g/mol. The average Bonchev–Trinajstić information content (AvgIpc) is 2.83. The van der Waals surface area contributed by atoms with Crippen LogP contribution >= 0.6 is 0 Å². The van der Waals surface area contributed by atoms with Crippen molar-refractivity contribution in [2.24, 2.45) is 0 Å². The summed E-state index contributed by atoms with van der Waals surface area (Å²) >= 11 is 0. The summed E-state index contributed by atoms with van der Waals surface area (Å²) in [5.41, 5.74) is 7.92. The molecule has 0 amide bonds. The first kappa shape index (κ1) is 22.4. The van der Waals surface area contributed by atoms with E-state index >= 15 is 0 Å². The van der Waals surface area contributed by atoms with E-state index in [1.54, 1.807) is 24.3 Å². The molecule has 0 atom stereocenters. The van der Waals surface area contributed by atoms with Crippen molar-refractivity contribution in [1.29, 1.82) is 0 Å². The smallest absolute Gasteiger partial charge is 0.336 e. The molecule has 4 aromatic carbocycles. The molecule has 0 fully saturated rings. The molecule has 4 aromatic rings. The summed E-state index contributed by atoms with van der Waals surface area (Å²) < 4.78 is 11.5. The van der Waals surface area contributed by atoms with Gasteiger partial charge in [-0.1, -0.05) is 24.3 Å². The van der Waals surface area contributed by atoms with Crippen molar-refractivity contribution in [1.82, 2.24) is 0 Å². The molecule has 0 saturated heterocycles. The molecule has 0 heterocycles. The normalized spacial score (nSPS) is 10.5. The van der Waals surface area contributed by atoms with Crippen LogP contribution in [-0.4, -0.2) is 22.2 Å². The number of nitrogens with two attached hydrogens (primary N) is 1. The molecule has 0 saturated carbocycles.